The van der Waals surface area contributed by atoms with Crippen LogP contribution in [-0.2, 0) is 0 Å². The molecule has 0 spiro atoms. The summed E-state index contributed by atoms with van der Waals surface area (Å²) in [5.41, 5.74) is 0.719. The fourth-order valence-corrected chi connectivity index (χ4v) is 2.28. The van der Waals surface area contributed by atoms with E-state index >= 15 is 0 Å². The van der Waals surface area contributed by atoms with E-state index < -0.39 is 0 Å². The molecule has 0 aromatic heterocycles. The number of halogens is 2. The molecule has 3 heteroatoms. The Balaban J connectivity index is 2.17. The van der Waals surface area contributed by atoms with Crippen LogP contribution in [0.15, 0.2) is 22.7 Å². The number of hydrogen-bond acceptors (Lipinski definition) is 1. The summed E-state index contributed by atoms with van der Waals surface area (Å²) < 4.78 is 0.865. The molecule has 0 unspecified atom stereocenters. The number of benzene rings is 1. The summed E-state index contributed by atoms with van der Waals surface area (Å²) >= 11 is 9.19. The zero-order valence-corrected chi connectivity index (χ0v) is 9.94. The van der Waals surface area contributed by atoms with Crippen molar-refractivity contribution in [2.75, 3.05) is 0 Å². The van der Waals surface area contributed by atoms with Crippen molar-refractivity contribution in [3.8, 4) is 0 Å². The lowest BCUT2D eigenvalue weighted by Gasteiger charge is -2.01. The van der Waals surface area contributed by atoms with Crippen LogP contribution in [-0.4, -0.2) is 5.78 Å². The van der Waals surface area contributed by atoms with Gasteiger partial charge in [-0.15, -0.1) is 0 Å². The highest BCUT2D eigenvalue weighted by molar-refractivity contribution is 9.10. The first-order valence-corrected chi connectivity index (χ1v) is 5.81. The van der Waals surface area contributed by atoms with E-state index in [0.717, 1.165) is 10.0 Å². The molecule has 0 heterocycles. The lowest BCUT2D eigenvalue weighted by atomic mass is 10.1. The Morgan fingerprint density at radius 2 is 2.14 bits per heavy atom. The van der Waals surface area contributed by atoms with Crippen LogP contribution in [0.3, 0.4) is 0 Å². The Hall–Kier alpha value is -0.340. The van der Waals surface area contributed by atoms with Crippen molar-refractivity contribution < 1.29 is 4.79 Å². The fraction of sp³-hybridized carbons (Fsp3) is 0.364. The minimum absolute atomic E-state index is 0.204. The predicted molar refractivity (Wildman–Crippen MR) is 60.8 cm³/mol. The van der Waals surface area contributed by atoms with Crippen LogP contribution in [0, 0.1) is 5.92 Å². The van der Waals surface area contributed by atoms with Crippen molar-refractivity contribution in [2.45, 2.75) is 19.3 Å². The average Bonchev–Trinajstić information content (AvgIpc) is 2.86. The van der Waals surface area contributed by atoms with Gasteiger partial charge < -0.3 is 0 Å². The Bertz CT molecular complexity index is 351. The maximum Gasteiger partial charge on any atom is 0.163 e. The molecule has 1 aromatic carbocycles. The summed E-state index contributed by atoms with van der Waals surface area (Å²) in [5, 5.41) is 0.610. The lowest BCUT2D eigenvalue weighted by Crippen LogP contribution is -1.99. The summed E-state index contributed by atoms with van der Waals surface area (Å²) in [7, 11) is 0. The molecule has 0 N–H and O–H groups in total. The molecule has 1 fully saturated rings. The van der Waals surface area contributed by atoms with Gasteiger partial charge in [0.2, 0.25) is 0 Å². The molecule has 1 saturated carbocycles. The van der Waals surface area contributed by atoms with E-state index in [1.807, 2.05) is 6.07 Å². The second-order valence-electron chi connectivity index (χ2n) is 3.73. The third kappa shape index (κ3) is 2.58. The number of Topliss-reactive ketones (excluding diaryl/α,β-unsaturated/α-hetero) is 1. The average molecular weight is 274 g/mol. The van der Waals surface area contributed by atoms with Crippen LogP contribution in [0.25, 0.3) is 0 Å². The Kier molecular flexibility index (Phi) is 2.93. The zero-order chi connectivity index (χ0) is 10.1. The smallest absolute Gasteiger partial charge is 0.163 e. The number of hydrogen-bond donors (Lipinski definition) is 0. The second-order valence-corrected chi connectivity index (χ2v) is 5.08. The maximum absolute atomic E-state index is 11.7. The van der Waals surface area contributed by atoms with Gasteiger partial charge in [0.25, 0.3) is 0 Å². The zero-order valence-electron chi connectivity index (χ0n) is 7.59. The van der Waals surface area contributed by atoms with Gasteiger partial charge in [0.05, 0.1) is 0 Å². The van der Waals surface area contributed by atoms with E-state index in [9.17, 15) is 4.79 Å². The van der Waals surface area contributed by atoms with Crippen LogP contribution in [0.5, 0.6) is 0 Å². The van der Waals surface area contributed by atoms with Crippen LogP contribution >= 0.6 is 27.5 Å². The predicted octanol–water partition coefficient (Wildman–Crippen LogP) is 4.09. The van der Waals surface area contributed by atoms with Crippen molar-refractivity contribution in [1.29, 1.82) is 0 Å². The fourth-order valence-electron chi connectivity index (χ4n) is 1.42. The SMILES string of the molecule is O=C(CC1CC1)c1cc(Cl)cc(Br)c1. The molecule has 0 amide bonds. The molecule has 0 radical (unpaired) electrons. The Morgan fingerprint density at radius 1 is 1.43 bits per heavy atom. The molecule has 1 aliphatic carbocycles. The summed E-state index contributed by atoms with van der Waals surface area (Å²) in [6.45, 7) is 0. The summed E-state index contributed by atoms with van der Waals surface area (Å²) in [4.78, 5) is 11.7. The molecule has 14 heavy (non-hydrogen) atoms. The van der Waals surface area contributed by atoms with Crippen LogP contribution in [0.2, 0.25) is 5.02 Å². The topological polar surface area (TPSA) is 17.1 Å². The summed E-state index contributed by atoms with van der Waals surface area (Å²) in [6.07, 6.45) is 3.08. The van der Waals surface area contributed by atoms with Gasteiger partial charge in [-0.05, 0) is 37.0 Å². The minimum atomic E-state index is 0.204. The lowest BCUT2D eigenvalue weighted by molar-refractivity contribution is 0.0976. The number of rotatable bonds is 3. The molecule has 1 aromatic rings. The van der Waals surface area contributed by atoms with Gasteiger partial charge in [0.15, 0.2) is 5.78 Å². The van der Waals surface area contributed by atoms with Crippen molar-refractivity contribution in [3.63, 3.8) is 0 Å². The van der Waals surface area contributed by atoms with E-state index in [2.05, 4.69) is 15.9 Å². The molecule has 1 aliphatic rings. The van der Waals surface area contributed by atoms with E-state index in [4.69, 9.17) is 11.6 Å². The first kappa shape index (κ1) is 10.2. The van der Waals surface area contributed by atoms with Gasteiger partial charge in [-0.2, -0.15) is 0 Å². The van der Waals surface area contributed by atoms with Crippen molar-refractivity contribution in [2.24, 2.45) is 5.92 Å². The Labute approximate surface area is 96.6 Å². The third-order valence-electron chi connectivity index (χ3n) is 2.36. The molecule has 1 nitrogen and oxygen atoms in total. The van der Waals surface area contributed by atoms with Gasteiger partial charge in [0, 0.05) is 21.5 Å². The Morgan fingerprint density at radius 3 is 2.71 bits per heavy atom. The van der Waals surface area contributed by atoms with Crippen molar-refractivity contribution in [1.82, 2.24) is 0 Å². The van der Waals surface area contributed by atoms with Gasteiger partial charge in [-0.3, -0.25) is 4.79 Å². The standard InChI is InChI=1S/C11H10BrClO/c12-9-4-8(5-10(13)6-9)11(14)3-7-1-2-7/h4-7H,1-3H2. The quantitative estimate of drug-likeness (QED) is 0.758. The molecule has 0 saturated heterocycles. The first-order valence-electron chi connectivity index (χ1n) is 4.64. The van der Waals surface area contributed by atoms with Gasteiger partial charge in [-0.25, -0.2) is 0 Å². The molecular weight excluding hydrogens is 263 g/mol. The highest BCUT2D eigenvalue weighted by atomic mass is 79.9. The molecule has 0 atom stereocenters. The van der Waals surface area contributed by atoms with Crippen LogP contribution in [0.4, 0.5) is 0 Å². The largest absolute Gasteiger partial charge is 0.294 e. The maximum atomic E-state index is 11.7. The number of carbonyl (C=O) groups excluding carboxylic acids is 1. The molecule has 0 bridgehead atoms. The van der Waals surface area contributed by atoms with E-state index in [-0.39, 0.29) is 5.78 Å². The van der Waals surface area contributed by atoms with Gasteiger partial charge in [-0.1, -0.05) is 27.5 Å². The van der Waals surface area contributed by atoms with Crippen LogP contribution in [0.1, 0.15) is 29.6 Å². The number of carbonyl (C=O) groups is 1. The highest BCUT2D eigenvalue weighted by Gasteiger charge is 2.25. The second kappa shape index (κ2) is 4.03. The van der Waals surface area contributed by atoms with Crippen molar-refractivity contribution >= 4 is 33.3 Å². The minimum Gasteiger partial charge on any atom is -0.294 e. The van der Waals surface area contributed by atoms with Gasteiger partial charge >= 0.3 is 0 Å². The van der Waals surface area contributed by atoms with Gasteiger partial charge in [0.1, 0.15) is 0 Å². The molecule has 2 rings (SSSR count). The van der Waals surface area contributed by atoms with E-state index in [0.29, 0.717) is 17.4 Å². The number of ketones is 1. The highest BCUT2D eigenvalue weighted by Crippen LogP contribution is 2.34. The normalized spacial score (nSPS) is 15.6. The molecule has 0 aliphatic heterocycles. The van der Waals surface area contributed by atoms with Crippen LogP contribution < -0.4 is 0 Å². The van der Waals surface area contributed by atoms with E-state index in [1.54, 1.807) is 12.1 Å². The first-order chi connectivity index (χ1) is 6.65. The molecular formula is C11H10BrClO. The monoisotopic (exact) mass is 272 g/mol. The third-order valence-corrected chi connectivity index (χ3v) is 3.03. The van der Waals surface area contributed by atoms with E-state index in [1.165, 1.54) is 12.8 Å². The summed E-state index contributed by atoms with van der Waals surface area (Å²) in [5.74, 6) is 0.830. The summed E-state index contributed by atoms with van der Waals surface area (Å²) in [6, 6.07) is 5.35. The molecule has 74 valence electrons. The van der Waals surface area contributed by atoms with Crippen molar-refractivity contribution in [3.05, 3.63) is 33.3 Å².